The Bertz CT molecular complexity index is 1100. The van der Waals surface area contributed by atoms with Gasteiger partial charge in [-0.3, -0.25) is 4.98 Å². The molecule has 0 spiro atoms. The minimum absolute atomic E-state index is 0.258. The first kappa shape index (κ1) is 20.6. The Morgan fingerprint density at radius 2 is 1.75 bits per heavy atom. The lowest BCUT2D eigenvalue weighted by Gasteiger charge is -2.29. The summed E-state index contributed by atoms with van der Waals surface area (Å²) >= 11 is 0. The van der Waals surface area contributed by atoms with Crippen LogP contribution in [0, 0.1) is 0 Å². The van der Waals surface area contributed by atoms with Crippen molar-refractivity contribution < 1.29 is 22.6 Å². The first-order valence-electron chi connectivity index (χ1n) is 10.4. The van der Waals surface area contributed by atoms with E-state index in [1.807, 2.05) is 12.1 Å². The summed E-state index contributed by atoms with van der Waals surface area (Å²) in [7, 11) is 0. The average Bonchev–Trinajstić information content (AvgIpc) is 3.23. The predicted octanol–water partition coefficient (Wildman–Crippen LogP) is 4.57. The summed E-state index contributed by atoms with van der Waals surface area (Å²) < 4.78 is 47.9. The van der Waals surface area contributed by atoms with E-state index >= 15 is 0 Å². The third kappa shape index (κ3) is 4.20. The van der Waals surface area contributed by atoms with E-state index < -0.39 is 6.36 Å². The molecule has 0 radical (unpaired) electrons. The van der Waals surface area contributed by atoms with E-state index in [1.165, 1.54) is 12.1 Å². The van der Waals surface area contributed by atoms with Gasteiger partial charge in [-0.05, 0) is 30.7 Å². The van der Waals surface area contributed by atoms with Gasteiger partial charge >= 0.3 is 6.36 Å². The Morgan fingerprint density at radius 1 is 0.969 bits per heavy atom. The minimum Gasteiger partial charge on any atom is -0.406 e. The van der Waals surface area contributed by atoms with Gasteiger partial charge in [0.05, 0.1) is 24.6 Å². The molecular weight excluding hydrogens is 421 g/mol. The Morgan fingerprint density at radius 3 is 2.50 bits per heavy atom. The standard InChI is InChI=1S/C23H21F3N4O2/c24-23(25,26)32-18-3-1-2-16(14-18)22-19-6-9-30(17-4-7-27-8-5-17)20(19)15-21(28-22)29-10-12-31-13-11-29/h1-5,7-8,14-15H,6,9-13H2. The summed E-state index contributed by atoms with van der Waals surface area (Å²) in [4.78, 5) is 13.3. The van der Waals surface area contributed by atoms with Gasteiger partial charge in [0.15, 0.2) is 0 Å². The zero-order valence-corrected chi connectivity index (χ0v) is 17.2. The molecule has 1 saturated heterocycles. The lowest BCUT2D eigenvalue weighted by molar-refractivity contribution is -0.274. The molecule has 0 atom stereocenters. The molecule has 0 unspecified atom stereocenters. The van der Waals surface area contributed by atoms with Crippen LogP contribution in [0.25, 0.3) is 11.3 Å². The average molecular weight is 442 g/mol. The molecule has 0 aliphatic carbocycles. The number of hydrogen-bond donors (Lipinski definition) is 0. The van der Waals surface area contributed by atoms with E-state index in [0.717, 1.165) is 35.7 Å². The number of fused-ring (bicyclic) bond motifs is 1. The maximum atomic E-state index is 12.8. The van der Waals surface area contributed by atoms with Crippen LogP contribution in [0.3, 0.4) is 0 Å². The topological polar surface area (TPSA) is 50.7 Å². The molecule has 2 aromatic heterocycles. The van der Waals surface area contributed by atoms with Gasteiger partial charge in [-0.25, -0.2) is 4.98 Å². The van der Waals surface area contributed by atoms with Crippen molar-refractivity contribution in [1.82, 2.24) is 9.97 Å². The highest BCUT2D eigenvalue weighted by molar-refractivity contribution is 5.81. The van der Waals surface area contributed by atoms with Crippen molar-refractivity contribution >= 4 is 17.2 Å². The van der Waals surface area contributed by atoms with E-state index in [4.69, 9.17) is 9.72 Å². The van der Waals surface area contributed by atoms with Gasteiger partial charge in [-0.1, -0.05) is 12.1 Å². The number of halogens is 3. The number of anilines is 3. The van der Waals surface area contributed by atoms with Crippen LogP contribution in [0.2, 0.25) is 0 Å². The van der Waals surface area contributed by atoms with E-state index in [9.17, 15) is 13.2 Å². The van der Waals surface area contributed by atoms with Crippen molar-refractivity contribution in [3.63, 3.8) is 0 Å². The van der Waals surface area contributed by atoms with Crippen molar-refractivity contribution in [2.75, 3.05) is 42.6 Å². The van der Waals surface area contributed by atoms with Gasteiger partial charge < -0.3 is 19.3 Å². The van der Waals surface area contributed by atoms with Crippen molar-refractivity contribution in [3.8, 4) is 17.0 Å². The fourth-order valence-electron chi connectivity index (χ4n) is 4.20. The molecule has 4 heterocycles. The first-order valence-corrected chi connectivity index (χ1v) is 10.4. The molecule has 1 aromatic carbocycles. The zero-order valence-electron chi connectivity index (χ0n) is 17.2. The van der Waals surface area contributed by atoms with Gasteiger partial charge in [-0.15, -0.1) is 13.2 Å². The minimum atomic E-state index is -4.75. The maximum Gasteiger partial charge on any atom is 0.573 e. The molecule has 2 aliphatic rings. The normalized spacial score (nSPS) is 16.2. The highest BCUT2D eigenvalue weighted by atomic mass is 19.4. The second-order valence-corrected chi connectivity index (χ2v) is 7.61. The molecule has 1 fully saturated rings. The van der Waals surface area contributed by atoms with E-state index in [2.05, 4.69) is 25.6 Å². The second-order valence-electron chi connectivity index (χ2n) is 7.61. The molecule has 0 amide bonds. The monoisotopic (exact) mass is 442 g/mol. The summed E-state index contributed by atoms with van der Waals surface area (Å²) in [6, 6.07) is 12.0. The molecule has 6 nitrogen and oxygen atoms in total. The summed E-state index contributed by atoms with van der Waals surface area (Å²) in [6.45, 7) is 3.38. The van der Waals surface area contributed by atoms with E-state index in [0.29, 0.717) is 37.6 Å². The number of hydrogen-bond acceptors (Lipinski definition) is 6. The predicted molar refractivity (Wildman–Crippen MR) is 114 cm³/mol. The third-order valence-electron chi connectivity index (χ3n) is 5.61. The molecule has 0 N–H and O–H groups in total. The Hall–Kier alpha value is -3.33. The van der Waals surface area contributed by atoms with Crippen LogP contribution in [0.1, 0.15) is 5.56 Å². The number of aromatic nitrogens is 2. The van der Waals surface area contributed by atoms with E-state index in [1.54, 1.807) is 24.5 Å². The number of nitrogens with zero attached hydrogens (tertiary/aromatic N) is 4. The van der Waals surface area contributed by atoms with Crippen molar-refractivity contribution in [3.05, 3.63) is 60.4 Å². The summed E-state index contributed by atoms with van der Waals surface area (Å²) in [5.74, 6) is 0.525. The smallest absolute Gasteiger partial charge is 0.406 e. The van der Waals surface area contributed by atoms with Crippen LogP contribution >= 0.6 is 0 Å². The highest BCUT2D eigenvalue weighted by Gasteiger charge is 2.32. The molecular formula is C23H21F3N4O2. The number of pyridine rings is 2. The van der Waals surface area contributed by atoms with Crippen molar-refractivity contribution in [1.29, 1.82) is 0 Å². The number of morpholine rings is 1. The fraction of sp³-hybridized carbons (Fsp3) is 0.304. The zero-order chi connectivity index (χ0) is 22.1. The molecule has 0 saturated carbocycles. The molecule has 166 valence electrons. The Labute approximate surface area is 183 Å². The van der Waals surface area contributed by atoms with Gasteiger partial charge in [0, 0.05) is 54.9 Å². The summed E-state index contributed by atoms with van der Waals surface area (Å²) in [6.07, 6.45) is -0.526. The quantitative estimate of drug-likeness (QED) is 0.590. The Kier molecular flexibility index (Phi) is 5.34. The molecule has 32 heavy (non-hydrogen) atoms. The molecule has 0 bridgehead atoms. The van der Waals surface area contributed by atoms with Crippen molar-refractivity contribution in [2.45, 2.75) is 12.8 Å². The van der Waals surface area contributed by atoms with Crippen LogP contribution in [-0.4, -0.2) is 49.2 Å². The van der Waals surface area contributed by atoms with Crippen LogP contribution in [0.4, 0.5) is 30.4 Å². The third-order valence-corrected chi connectivity index (χ3v) is 5.61. The molecule has 9 heteroatoms. The molecule has 5 rings (SSSR count). The maximum absolute atomic E-state index is 12.8. The van der Waals surface area contributed by atoms with E-state index in [-0.39, 0.29) is 5.75 Å². The van der Waals surface area contributed by atoms with Crippen LogP contribution < -0.4 is 14.5 Å². The number of ether oxygens (including phenoxy) is 2. The second kappa shape index (κ2) is 8.31. The number of benzene rings is 1. The number of rotatable bonds is 4. The molecule has 3 aromatic rings. The summed E-state index contributed by atoms with van der Waals surface area (Å²) in [5, 5.41) is 0. The van der Waals surface area contributed by atoms with Gasteiger partial charge in [0.1, 0.15) is 11.6 Å². The lowest BCUT2D eigenvalue weighted by atomic mass is 10.0. The first-order chi connectivity index (χ1) is 15.5. The van der Waals surface area contributed by atoms with Gasteiger partial charge in [-0.2, -0.15) is 0 Å². The van der Waals surface area contributed by atoms with Crippen LogP contribution in [0.5, 0.6) is 5.75 Å². The SMILES string of the molecule is FC(F)(F)Oc1cccc(-c2nc(N3CCOCC3)cc3c2CCN3c2ccncc2)c1. The summed E-state index contributed by atoms with van der Waals surface area (Å²) in [5.41, 5.74) is 4.29. The highest BCUT2D eigenvalue weighted by Crippen LogP contribution is 2.42. The van der Waals surface area contributed by atoms with Crippen molar-refractivity contribution in [2.24, 2.45) is 0 Å². The van der Waals surface area contributed by atoms with Gasteiger partial charge in [0.25, 0.3) is 0 Å². The Balaban J connectivity index is 1.61. The molecule has 2 aliphatic heterocycles. The largest absolute Gasteiger partial charge is 0.573 e. The number of alkyl halides is 3. The van der Waals surface area contributed by atoms with Crippen LogP contribution in [-0.2, 0) is 11.2 Å². The van der Waals surface area contributed by atoms with Crippen LogP contribution in [0.15, 0.2) is 54.9 Å². The van der Waals surface area contributed by atoms with Gasteiger partial charge in [0.2, 0.25) is 0 Å². The lowest BCUT2D eigenvalue weighted by Crippen LogP contribution is -2.36. The fourth-order valence-corrected chi connectivity index (χ4v) is 4.20.